The molecule has 0 atom stereocenters. The van der Waals surface area contributed by atoms with Gasteiger partial charge in [0.1, 0.15) is 0 Å². The van der Waals surface area contributed by atoms with Gasteiger partial charge in [0.05, 0.1) is 10.6 Å². The minimum atomic E-state index is -3.68. The van der Waals surface area contributed by atoms with E-state index in [0.29, 0.717) is 0 Å². The highest BCUT2D eigenvalue weighted by atomic mass is 32.2. The summed E-state index contributed by atoms with van der Waals surface area (Å²) < 4.78 is 24.6. The Balaban J connectivity index is 2.06. The van der Waals surface area contributed by atoms with Crippen LogP contribution in [0.2, 0.25) is 0 Å². The Morgan fingerprint density at radius 3 is 2.45 bits per heavy atom. The molecule has 0 unspecified atom stereocenters. The first-order chi connectivity index (χ1) is 10.4. The summed E-state index contributed by atoms with van der Waals surface area (Å²) in [6, 6.07) is 12.4. The van der Waals surface area contributed by atoms with Gasteiger partial charge in [-0.15, -0.1) is 0 Å². The monoisotopic (exact) mass is 313 g/mol. The maximum Gasteiger partial charge on any atom is 0.238 e. The molecule has 3 aromatic rings. The summed E-state index contributed by atoms with van der Waals surface area (Å²) >= 11 is 0. The van der Waals surface area contributed by atoms with Crippen molar-refractivity contribution in [2.75, 3.05) is 0 Å². The number of nitrogens with zero attached hydrogens (tertiary/aromatic N) is 2. The van der Waals surface area contributed by atoms with E-state index >= 15 is 0 Å². The summed E-state index contributed by atoms with van der Waals surface area (Å²) in [5.41, 5.74) is 3.92. The second kappa shape index (κ2) is 5.40. The fraction of sp³-hybridized carbons (Fsp3) is 0.0625. The third-order valence-electron chi connectivity index (χ3n) is 3.36. The number of hydrogen-bond acceptors (Lipinski definition) is 3. The Labute approximate surface area is 129 Å². The predicted octanol–water partition coefficient (Wildman–Crippen LogP) is 2.50. The Morgan fingerprint density at radius 1 is 1.09 bits per heavy atom. The van der Waals surface area contributed by atoms with Gasteiger partial charge in [0.25, 0.3) is 0 Å². The van der Waals surface area contributed by atoms with Crippen LogP contribution >= 0.6 is 0 Å². The number of aryl methyl sites for hydroxylation is 1. The summed E-state index contributed by atoms with van der Waals surface area (Å²) in [4.78, 5) is 4.31. The van der Waals surface area contributed by atoms with E-state index in [1.54, 1.807) is 24.5 Å². The summed E-state index contributed by atoms with van der Waals surface area (Å²) in [6.45, 7) is 1.99. The molecule has 2 aromatic heterocycles. The highest BCUT2D eigenvalue weighted by Gasteiger charge is 2.10. The van der Waals surface area contributed by atoms with E-state index in [1.165, 1.54) is 12.1 Å². The van der Waals surface area contributed by atoms with Crippen LogP contribution in [0.4, 0.5) is 0 Å². The van der Waals surface area contributed by atoms with Crippen molar-refractivity contribution in [2.45, 2.75) is 11.8 Å². The fourth-order valence-corrected chi connectivity index (χ4v) is 2.85. The van der Waals surface area contributed by atoms with E-state index < -0.39 is 10.0 Å². The molecule has 2 N–H and O–H groups in total. The molecule has 2 heterocycles. The molecule has 0 radical (unpaired) electrons. The molecule has 1 aromatic carbocycles. The highest BCUT2D eigenvalue weighted by molar-refractivity contribution is 7.89. The molecule has 0 aliphatic rings. The number of pyridine rings is 1. The Kier molecular flexibility index (Phi) is 3.56. The molecular formula is C16H15N3O2S. The van der Waals surface area contributed by atoms with Gasteiger partial charge in [-0.25, -0.2) is 13.6 Å². The predicted molar refractivity (Wildman–Crippen MR) is 85.1 cm³/mol. The minimum absolute atomic E-state index is 0.0992. The molecule has 3 rings (SSSR count). The molecule has 0 amide bonds. The van der Waals surface area contributed by atoms with Crippen LogP contribution in [0.5, 0.6) is 0 Å². The Hall–Kier alpha value is -2.44. The number of hydrogen-bond donors (Lipinski definition) is 1. The van der Waals surface area contributed by atoms with Crippen molar-refractivity contribution in [1.29, 1.82) is 0 Å². The number of aromatic nitrogens is 2. The molecule has 22 heavy (non-hydrogen) atoms. The first-order valence-corrected chi connectivity index (χ1v) is 8.22. The number of sulfonamides is 1. The van der Waals surface area contributed by atoms with Crippen molar-refractivity contribution >= 4 is 10.0 Å². The van der Waals surface area contributed by atoms with E-state index in [2.05, 4.69) is 11.1 Å². The molecule has 5 nitrogen and oxygen atoms in total. The van der Waals surface area contributed by atoms with Gasteiger partial charge in [-0.05, 0) is 55.0 Å². The Morgan fingerprint density at radius 2 is 1.82 bits per heavy atom. The lowest BCUT2D eigenvalue weighted by Gasteiger charge is -2.10. The van der Waals surface area contributed by atoms with E-state index in [1.807, 2.05) is 29.8 Å². The second-order valence-corrected chi connectivity index (χ2v) is 6.61. The molecule has 0 saturated carbocycles. The average molecular weight is 313 g/mol. The van der Waals surface area contributed by atoms with Crippen LogP contribution in [0, 0.1) is 6.92 Å². The lowest BCUT2D eigenvalue weighted by Crippen LogP contribution is -2.12. The topological polar surface area (TPSA) is 78.0 Å². The van der Waals surface area contributed by atoms with Crippen LogP contribution in [-0.4, -0.2) is 18.0 Å². The zero-order chi connectivity index (χ0) is 15.7. The van der Waals surface area contributed by atoms with Crippen LogP contribution in [0.15, 0.2) is 66.0 Å². The molecule has 0 fully saturated rings. The van der Waals surface area contributed by atoms with Gasteiger partial charge in [-0.3, -0.25) is 4.98 Å². The van der Waals surface area contributed by atoms with E-state index in [4.69, 9.17) is 5.14 Å². The zero-order valence-electron chi connectivity index (χ0n) is 12.0. The van der Waals surface area contributed by atoms with Crippen LogP contribution < -0.4 is 5.14 Å². The third-order valence-corrected chi connectivity index (χ3v) is 4.29. The Bertz CT molecular complexity index is 913. The van der Waals surface area contributed by atoms with Gasteiger partial charge in [-0.2, -0.15) is 0 Å². The normalized spacial score (nSPS) is 11.5. The maximum atomic E-state index is 11.3. The summed E-state index contributed by atoms with van der Waals surface area (Å²) in [5.74, 6) is 0. The molecule has 0 aliphatic heterocycles. The summed E-state index contributed by atoms with van der Waals surface area (Å²) in [5, 5.41) is 5.12. The van der Waals surface area contributed by atoms with Gasteiger partial charge in [0, 0.05) is 29.8 Å². The average Bonchev–Trinajstić information content (AvgIpc) is 2.96. The largest absolute Gasteiger partial charge is 0.317 e. The van der Waals surface area contributed by atoms with E-state index in [9.17, 15) is 8.42 Å². The summed E-state index contributed by atoms with van der Waals surface area (Å²) in [6.07, 6.45) is 5.53. The molecular weight excluding hydrogens is 298 g/mol. The highest BCUT2D eigenvalue weighted by Crippen LogP contribution is 2.24. The van der Waals surface area contributed by atoms with Crippen molar-refractivity contribution in [2.24, 2.45) is 5.14 Å². The van der Waals surface area contributed by atoms with Crippen LogP contribution in [0.1, 0.15) is 5.56 Å². The SMILES string of the molecule is Cc1cncc(-c2cccn2-c2ccc(S(N)(=O)=O)cc2)c1. The number of nitrogens with two attached hydrogens (primary N) is 1. The molecule has 0 saturated heterocycles. The molecule has 6 heteroatoms. The van der Waals surface area contributed by atoms with Crippen molar-refractivity contribution in [3.63, 3.8) is 0 Å². The van der Waals surface area contributed by atoms with Gasteiger partial charge < -0.3 is 4.57 Å². The molecule has 0 bridgehead atoms. The molecule has 0 aliphatic carbocycles. The van der Waals surface area contributed by atoms with Crippen LogP contribution in [-0.2, 0) is 10.0 Å². The standard InChI is InChI=1S/C16H15N3O2S/c1-12-9-13(11-18-10-12)16-3-2-8-19(16)14-4-6-15(7-5-14)22(17,20)21/h2-11H,1H3,(H2,17,20,21). The van der Waals surface area contributed by atoms with Crippen molar-refractivity contribution in [3.05, 3.63) is 66.6 Å². The van der Waals surface area contributed by atoms with Crippen molar-refractivity contribution in [1.82, 2.24) is 9.55 Å². The molecule has 112 valence electrons. The maximum absolute atomic E-state index is 11.3. The quantitative estimate of drug-likeness (QED) is 0.807. The lowest BCUT2D eigenvalue weighted by molar-refractivity contribution is 0.598. The fourth-order valence-electron chi connectivity index (χ4n) is 2.33. The summed E-state index contributed by atoms with van der Waals surface area (Å²) in [7, 11) is -3.68. The lowest BCUT2D eigenvalue weighted by atomic mass is 10.1. The second-order valence-electron chi connectivity index (χ2n) is 5.05. The van der Waals surface area contributed by atoms with Crippen LogP contribution in [0.25, 0.3) is 16.9 Å². The minimum Gasteiger partial charge on any atom is -0.317 e. The van der Waals surface area contributed by atoms with Gasteiger partial charge in [0.15, 0.2) is 0 Å². The van der Waals surface area contributed by atoms with E-state index in [0.717, 1.165) is 22.5 Å². The van der Waals surface area contributed by atoms with E-state index in [-0.39, 0.29) is 4.90 Å². The van der Waals surface area contributed by atoms with Crippen molar-refractivity contribution in [3.8, 4) is 16.9 Å². The number of rotatable bonds is 3. The van der Waals surface area contributed by atoms with Gasteiger partial charge >= 0.3 is 0 Å². The zero-order valence-corrected chi connectivity index (χ0v) is 12.8. The van der Waals surface area contributed by atoms with Crippen LogP contribution in [0.3, 0.4) is 0 Å². The van der Waals surface area contributed by atoms with Gasteiger partial charge in [0.2, 0.25) is 10.0 Å². The van der Waals surface area contributed by atoms with Crippen molar-refractivity contribution < 1.29 is 8.42 Å². The molecule has 0 spiro atoms. The van der Waals surface area contributed by atoms with Gasteiger partial charge in [-0.1, -0.05) is 0 Å². The first kappa shape index (κ1) is 14.5. The smallest absolute Gasteiger partial charge is 0.238 e. The first-order valence-electron chi connectivity index (χ1n) is 6.68. The number of benzene rings is 1. The number of primary sulfonamides is 1. The third kappa shape index (κ3) is 2.79.